The fourth-order valence-electron chi connectivity index (χ4n) is 5.81. The Morgan fingerprint density at radius 1 is 1.05 bits per heavy atom. The van der Waals surface area contributed by atoms with Crippen LogP contribution in [0.3, 0.4) is 0 Å². The molecule has 0 unspecified atom stereocenters. The molecule has 0 atom stereocenters. The topological polar surface area (TPSA) is 125 Å². The summed E-state index contributed by atoms with van der Waals surface area (Å²) in [7, 11) is 0. The predicted octanol–water partition coefficient (Wildman–Crippen LogP) is 3.20. The van der Waals surface area contributed by atoms with E-state index in [9.17, 15) is 14.4 Å². The van der Waals surface area contributed by atoms with E-state index in [1.54, 1.807) is 17.7 Å². The van der Waals surface area contributed by atoms with Gasteiger partial charge in [0.1, 0.15) is 11.5 Å². The van der Waals surface area contributed by atoms with Crippen molar-refractivity contribution in [3.63, 3.8) is 0 Å². The molecule has 1 saturated carbocycles. The van der Waals surface area contributed by atoms with Gasteiger partial charge in [0.2, 0.25) is 11.9 Å². The lowest BCUT2D eigenvalue weighted by atomic mass is 10.0. The fraction of sp³-hybridized carbons (Fsp3) is 0.517. The first-order valence-corrected chi connectivity index (χ1v) is 14.1. The van der Waals surface area contributed by atoms with Crippen LogP contribution in [-0.2, 0) is 4.79 Å². The van der Waals surface area contributed by atoms with Crippen LogP contribution in [0.5, 0.6) is 0 Å². The maximum absolute atomic E-state index is 13.4. The molecule has 212 valence electrons. The average molecular weight is 547 g/mol. The van der Waals surface area contributed by atoms with Crippen molar-refractivity contribution < 1.29 is 9.59 Å². The standard InChI is InChI=1S/C29H38N8O3/c1-18(2)32-25(39)17-35-11-13-36(14-12-35)22-9-10-24(30-15-22)33-29-31-16-23-19(3)26(20(4)38)28(40)37(27(23)34-29)21-7-5-6-8-21/h9-10,15-16,18,21H,5-8,11-14,17H2,1-4H3,(H,32,39)(H,30,31,33,34). The van der Waals surface area contributed by atoms with E-state index in [1.165, 1.54) is 6.92 Å². The molecule has 0 bridgehead atoms. The van der Waals surface area contributed by atoms with Gasteiger partial charge in [0.15, 0.2) is 5.78 Å². The maximum atomic E-state index is 13.4. The second-order valence-corrected chi connectivity index (χ2v) is 11.1. The molecule has 5 rings (SSSR count). The first-order valence-electron chi connectivity index (χ1n) is 14.1. The third-order valence-electron chi connectivity index (χ3n) is 7.79. The number of carbonyl (C=O) groups excluding carboxylic acids is 2. The van der Waals surface area contributed by atoms with Crippen molar-refractivity contribution in [2.45, 2.75) is 65.5 Å². The number of anilines is 3. The van der Waals surface area contributed by atoms with Gasteiger partial charge in [0.25, 0.3) is 5.56 Å². The van der Waals surface area contributed by atoms with Crippen molar-refractivity contribution in [3.8, 4) is 0 Å². The third-order valence-corrected chi connectivity index (χ3v) is 7.79. The zero-order valence-corrected chi connectivity index (χ0v) is 23.7. The summed E-state index contributed by atoms with van der Waals surface area (Å²) in [6.45, 7) is 10.8. The highest BCUT2D eigenvalue weighted by Crippen LogP contribution is 2.32. The number of Topliss-reactive ketones (excluding diaryl/α,β-unsaturated/α-hetero) is 1. The van der Waals surface area contributed by atoms with Crippen LogP contribution in [0.1, 0.15) is 68.4 Å². The van der Waals surface area contributed by atoms with E-state index in [2.05, 4.69) is 30.4 Å². The van der Waals surface area contributed by atoms with Gasteiger partial charge in [0, 0.05) is 49.8 Å². The highest BCUT2D eigenvalue weighted by atomic mass is 16.2. The van der Waals surface area contributed by atoms with Crippen molar-refractivity contribution in [2.75, 3.05) is 42.9 Å². The Kier molecular flexibility index (Phi) is 8.11. The number of amides is 1. The molecule has 2 N–H and O–H groups in total. The first-order chi connectivity index (χ1) is 19.2. The van der Waals surface area contributed by atoms with Crippen molar-refractivity contribution in [2.24, 2.45) is 0 Å². The molecule has 1 saturated heterocycles. The number of carbonyl (C=O) groups is 2. The summed E-state index contributed by atoms with van der Waals surface area (Å²) in [6, 6.07) is 4.07. The molecule has 1 amide bonds. The normalized spacial score (nSPS) is 16.6. The minimum atomic E-state index is -0.267. The van der Waals surface area contributed by atoms with Crippen molar-refractivity contribution in [1.82, 2.24) is 29.7 Å². The molecule has 1 aliphatic carbocycles. The number of nitrogens with one attached hydrogen (secondary N) is 2. The van der Waals surface area contributed by atoms with Gasteiger partial charge in [-0.2, -0.15) is 4.98 Å². The fourth-order valence-corrected chi connectivity index (χ4v) is 5.81. The quantitative estimate of drug-likeness (QED) is 0.410. The smallest absolute Gasteiger partial charge is 0.263 e. The molecule has 40 heavy (non-hydrogen) atoms. The first kappa shape index (κ1) is 27.7. The van der Waals surface area contributed by atoms with E-state index in [4.69, 9.17) is 4.98 Å². The van der Waals surface area contributed by atoms with E-state index in [-0.39, 0.29) is 34.9 Å². The van der Waals surface area contributed by atoms with Gasteiger partial charge >= 0.3 is 0 Å². The van der Waals surface area contributed by atoms with Crippen LogP contribution in [-0.4, -0.2) is 74.9 Å². The summed E-state index contributed by atoms with van der Waals surface area (Å²) in [5, 5.41) is 6.84. The summed E-state index contributed by atoms with van der Waals surface area (Å²) in [4.78, 5) is 56.1. The third kappa shape index (κ3) is 5.84. The summed E-state index contributed by atoms with van der Waals surface area (Å²) in [5.41, 5.74) is 2.14. The van der Waals surface area contributed by atoms with Gasteiger partial charge in [-0.25, -0.2) is 9.97 Å². The van der Waals surface area contributed by atoms with Crippen LogP contribution in [0, 0.1) is 6.92 Å². The summed E-state index contributed by atoms with van der Waals surface area (Å²) < 4.78 is 1.71. The second-order valence-electron chi connectivity index (χ2n) is 11.1. The molecular formula is C29H38N8O3. The predicted molar refractivity (Wildman–Crippen MR) is 155 cm³/mol. The number of piperazine rings is 1. The van der Waals surface area contributed by atoms with Crippen LogP contribution in [0.25, 0.3) is 11.0 Å². The Bertz CT molecular complexity index is 1450. The number of rotatable bonds is 8. The van der Waals surface area contributed by atoms with Gasteiger partial charge in [-0.3, -0.25) is 23.9 Å². The highest BCUT2D eigenvalue weighted by Gasteiger charge is 2.26. The minimum absolute atomic E-state index is 0.0268. The summed E-state index contributed by atoms with van der Waals surface area (Å²) >= 11 is 0. The van der Waals surface area contributed by atoms with Crippen molar-refractivity contribution in [1.29, 1.82) is 0 Å². The highest BCUT2D eigenvalue weighted by molar-refractivity contribution is 5.99. The molecule has 2 aliphatic rings. The summed E-state index contributed by atoms with van der Waals surface area (Å²) in [5.74, 6) is 0.771. The van der Waals surface area contributed by atoms with E-state index >= 15 is 0 Å². The lowest BCUT2D eigenvalue weighted by molar-refractivity contribution is -0.122. The van der Waals surface area contributed by atoms with Gasteiger partial charge in [-0.15, -0.1) is 0 Å². The Hall–Kier alpha value is -3.86. The van der Waals surface area contributed by atoms with Crippen LogP contribution >= 0.6 is 0 Å². The SMILES string of the molecule is CC(=O)c1c(C)c2cnc(Nc3ccc(N4CCN(CC(=O)NC(C)C)CC4)cn3)nc2n(C2CCCC2)c1=O. The van der Waals surface area contributed by atoms with E-state index < -0.39 is 0 Å². The number of ketones is 1. The lowest BCUT2D eigenvalue weighted by Crippen LogP contribution is -2.50. The Morgan fingerprint density at radius 3 is 2.40 bits per heavy atom. The van der Waals surface area contributed by atoms with Crippen LogP contribution < -0.4 is 21.1 Å². The Labute approximate surface area is 234 Å². The van der Waals surface area contributed by atoms with Crippen LogP contribution in [0.4, 0.5) is 17.5 Å². The second kappa shape index (κ2) is 11.7. The molecule has 11 nitrogen and oxygen atoms in total. The molecule has 2 fully saturated rings. The number of aryl methyl sites for hydroxylation is 1. The number of hydrogen-bond donors (Lipinski definition) is 2. The largest absolute Gasteiger partial charge is 0.368 e. The zero-order valence-electron chi connectivity index (χ0n) is 23.7. The van der Waals surface area contributed by atoms with E-state index in [0.717, 1.165) is 57.5 Å². The van der Waals surface area contributed by atoms with Crippen LogP contribution in [0.15, 0.2) is 29.3 Å². The van der Waals surface area contributed by atoms with Gasteiger partial charge in [-0.1, -0.05) is 12.8 Å². The number of pyridine rings is 2. The molecule has 3 aromatic heterocycles. The van der Waals surface area contributed by atoms with Gasteiger partial charge in [-0.05, 0) is 58.2 Å². The Balaban J connectivity index is 1.31. The van der Waals surface area contributed by atoms with Crippen molar-refractivity contribution in [3.05, 3.63) is 46.0 Å². The lowest BCUT2D eigenvalue weighted by Gasteiger charge is -2.35. The number of nitrogens with zero attached hydrogens (tertiary/aromatic N) is 6. The Morgan fingerprint density at radius 2 is 1.77 bits per heavy atom. The summed E-state index contributed by atoms with van der Waals surface area (Å²) in [6.07, 6.45) is 7.40. The molecule has 0 spiro atoms. The molecule has 3 aromatic rings. The van der Waals surface area contributed by atoms with E-state index in [0.29, 0.717) is 34.9 Å². The maximum Gasteiger partial charge on any atom is 0.263 e. The van der Waals surface area contributed by atoms with Crippen molar-refractivity contribution >= 4 is 40.2 Å². The zero-order chi connectivity index (χ0) is 28.4. The number of hydrogen-bond acceptors (Lipinski definition) is 9. The number of aromatic nitrogens is 4. The minimum Gasteiger partial charge on any atom is -0.368 e. The molecule has 0 radical (unpaired) electrons. The van der Waals surface area contributed by atoms with Crippen LogP contribution in [0.2, 0.25) is 0 Å². The monoisotopic (exact) mass is 546 g/mol. The molecule has 11 heteroatoms. The molecule has 4 heterocycles. The molecule has 0 aromatic carbocycles. The number of fused-ring (bicyclic) bond motifs is 1. The van der Waals surface area contributed by atoms with Gasteiger partial charge in [0.05, 0.1) is 24.0 Å². The van der Waals surface area contributed by atoms with Gasteiger partial charge < -0.3 is 15.5 Å². The van der Waals surface area contributed by atoms with E-state index in [1.807, 2.05) is 32.2 Å². The molecule has 1 aliphatic heterocycles. The average Bonchev–Trinajstić information content (AvgIpc) is 3.43. The molecular weight excluding hydrogens is 508 g/mol.